The maximum atomic E-state index is 11.2. The van der Waals surface area contributed by atoms with E-state index in [4.69, 9.17) is 11.6 Å². The van der Waals surface area contributed by atoms with E-state index in [1.54, 1.807) is 0 Å². The van der Waals surface area contributed by atoms with E-state index in [0.29, 0.717) is 12.3 Å². The summed E-state index contributed by atoms with van der Waals surface area (Å²) in [6.45, 7) is 3.96. The summed E-state index contributed by atoms with van der Waals surface area (Å²) in [5.41, 5.74) is 1.18. The Balaban J connectivity index is 2.64. The number of hydrogen-bond acceptors (Lipinski definition) is 3. The van der Waals surface area contributed by atoms with Gasteiger partial charge in [-0.3, -0.25) is 0 Å². The van der Waals surface area contributed by atoms with Gasteiger partial charge in [-0.25, -0.2) is 8.42 Å². The van der Waals surface area contributed by atoms with Crippen LogP contribution in [0.5, 0.6) is 0 Å². The Morgan fingerprint density at radius 2 is 2.10 bits per heavy atom. The maximum Gasteiger partial charge on any atom is 0.147 e. The molecule has 0 aliphatic heterocycles. The van der Waals surface area contributed by atoms with Crippen LogP contribution >= 0.6 is 11.6 Å². The smallest absolute Gasteiger partial charge is 0.147 e. The van der Waals surface area contributed by atoms with Crippen molar-refractivity contribution in [3.8, 4) is 0 Å². The molecule has 0 saturated heterocycles. The molecule has 0 aliphatic carbocycles. The Kier molecular flexibility index (Phi) is 7.56. The van der Waals surface area contributed by atoms with Crippen LogP contribution in [0.2, 0.25) is 5.02 Å². The van der Waals surface area contributed by atoms with Crippen LogP contribution in [0.1, 0.15) is 37.7 Å². The summed E-state index contributed by atoms with van der Waals surface area (Å²) in [6, 6.07) is 7.84. The molecule has 1 unspecified atom stereocenters. The summed E-state index contributed by atoms with van der Waals surface area (Å²) in [4.78, 5) is 0. The Labute approximate surface area is 127 Å². The van der Waals surface area contributed by atoms with Crippen molar-refractivity contribution in [2.45, 2.75) is 32.1 Å². The first-order valence-corrected chi connectivity index (χ1v) is 9.50. The van der Waals surface area contributed by atoms with E-state index < -0.39 is 9.84 Å². The Morgan fingerprint density at radius 1 is 1.35 bits per heavy atom. The van der Waals surface area contributed by atoms with Crippen molar-refractivity contribution < 1.29 is 8.42 Å². The third-order valence-electron chi connectivity index (χ3n) is 3.21. The molecular weight excluding hydrogens is 294 g/mol. The van der Waals surface area contributed by atoms with Gasteiger partial charge in [0.05, 0.1) is 0 Å². The number of sulfone groups is 1. The fourth-order valence-corrected chi connectivity index (χ4v) is 3.08. The summed E-state index contributed by atoms with van der Waals surface area (Å²) < 4.78 is 22.5. The highest BCUT2D eigenvalue weighted by Gasteiger charge is 2.13. The van der Waals surface area contributed by atoms with Gasteiger partial charge in [0.2, 0.25) is 0 Å². The van der Waals surface area contributed by atoms with Gasteiger partial charge in [0.15, 0.2) is 0 Å². The van der Waals surface area contributed by atoms with Crippen molar-refractivity contribution in [1.82, 2.24) is 5.32 Å². The van der Waals surface area contributed by atoms with Crippen LogP contribution in [0.3, 0.4) is 0 Å². The van der Waals surface area contributed by atoms with Crippen LogP contribution in [-0.2, 0) is 9.84 Å². The van der Waals surface area contributed by atoms with Crippen LogP contribution in [0.4, 0.5) is 0 Å². The number of benzene rings is 1. The predicted octanol–water partition coefficient (Wildman–Crippen LogP) is 3.25. The van der Waals surface area contributed by atoms with Crippen molar-refractivity contribution in [2.24, 2.45) is 0 Å². The molecule has 0 radical (unpaired) electrons. The molecule has 0 bridgehead atoms. The van der Waals surface area contributed by atoms with Crippen LogP contribution < -0.4 is 5.32 Å². The van der Waals surface area contributed by atoms with Gasteiger partial charge in [0.25, 0.3) is 0 Å². The van der Waals surface area contributed by atoms with E-state index >= 15 is 0 Å². The normalized spacial score (nSPS) is 13.3. The second kappa shape index (κ2) is 8.65. The zero-order chi connectivity index (χ0) is 15.0. The van der Waals surface area contributed by atoms with E-state index in [2.05, 4.69) is 18.3 Å². The number of hydrogen-bond donors (Lipinski definition) is 1. The van der Waals surface area contributed by atoms with Gasteiger partial charge < -0.3 is 5.32 Å². The third-order valence-corrected chi connectivity index (χ3v) is 4.47. The van der Waals surface area contributed by atoms with Gasteiger partial charge in [-0.2, -0.15) is 0 Å². The van der Waals surface area contributed by atoms with Gasteiger partial charge >= 0.3 is 0 Å². The highest BCUT2D eigenvalue weighted by atomic mass is 35.5. The summed E-state index contributed by atoms with van der Waals surface area (Å²) in [6.07, 6.45) is 3.91. The van der Waals surface area contributed by atoms with Crippen molar-refractivity contribution in [2.75, 3.05) is 25.1 Å². The molecule has 1 N–H and O–H groups in total. The molecule has 0 aliphatic rings. The molecule has 0 aromatic heterocycles. The average molecular weight is 318 g/mol. The minimum atomic E-state index is -2.88. The fourth-order valence-electron chi connectivity index (χ4n) is 2.19. The lowest BCUT2D eigenvalue weighted by molar-refractivity contribution is 0.539. The van der Waals surface area contributed by atoms with E-state index in [1.807, 2.05) is 18.2 Å². The quantitative estimate of drug-likeness (QED) is 0.711. The lowest BCUT2D eigenvalue weighted by Crippen LogP contribution is -2.23. The molecule has 0 heterocycles. The van der Waals surface area contributed by atoms with E-state index in [9.17, 15) is 8.42 Å². The minimum absolute atomic E-state index is 0.248. The molecule has 0 saturated carbocycles. The van der Waals surface area contributed by atoms with Gasteiger partial charge in [0, 0.05) is 23.6 Å². The monoisotopic (exact) mass is 317 g/mol. The average Bonchev–Trinajstić information content (AvgIpc) is 2.36. The lowest BCUT2D eigenvalue weighted by Gasteiger charge is -2.18. The summed E-state index contributed by atoms with van der Waals surface area (Å²) >= 11 is 6.04. The Hall–Kier alpha value is -0.580. The maximum absolute atomic E-state index is 11.2. The van der Waals surface area contributed by atoms with Crippen LogP contribution in [0, 0.1) is 0 Å². The highest BCUT2D eigenvalue weighted by molar-refractivity contribution is 7.90. The molecule has 1 aromatic carbocycles. The summed E-state index contributed by atoms with van der Waals surface area (Å²) in [7, 11) is -2.88. The fraction of sp³-hybridized carbons (Fsp3) is 0.600. The molecule has 20 heavy (non-hydrogen) atoms. The molecule has 5 heteroatoms. The zero-order valence-corrected chi connectivity index (χ0v) is 13.8. The zero-order valence-electron chi connectivity index (χ0n) is 12.2. The molecule has 3 nitrogen and oxygen atoms in total. The summed E-state index contributed by atoms with van der Waals surface area (Å²) in [5, 5.41) is 4.14. The Morgan fingerprint density at radius 3 is 2.70 bits per heavy atom. The molecule has 0 amide bonds. The van der Waals surface area contributed by atoms with Crippen molar-refractivity contribution in [3.63, 3.8) is 0 Å². The van der Waals surface area contributed by atoms with Crippen molar-refractivity contribution in [3.05, 3.63) is 34.9 Å². The Bertz CT molecular complexity index is 502. The first-order chi connectivity index (χ1) is 9.42. The minimum Gasteiger partial charge on any atom is -0.316 e. The third kappa shape index (κ3) is 7.27. The van der Waals surface area contributed by atoms with Gasteiger partial charge in [-0.05, 0) is 49.4 Å². The first kappa shape index (κ1) is 17.5. The van der Waals surface area contributed by atoms with Gasteiger partial charge in [-0.1, -0.05) is 30.7 Å². The molecule has 1 rings (SSSR count). The van der Waals surface area contributed by atoms with Crippen LogP contribution in [0.15, 0.2) is 24.3 Å². The first-order valence-electron chi connectivity index (χ1n) is 7.06. The second-order valence-electron chi connectivity index (χ2n) is 5.23. The van der Waals surface area contributed by atoms with Gasteiger partial charge in [0.1, 0.15) is 9.84 Å². The second-order valence-corrected chi connectivity index (χ2v) is 7.92. The molecule has 114 valence electrons. The molecule has 0 spiro atoms. The van der Waals surface area contributed by atoms with Crippen molar-refractivity contribution >= 4 is 21.4 Å². The number of nitrogens with one attached hydrogen (secondary N) is 1. The lowest BCUT2D eigenvalue weighted by atomic mass is 9.94. The SMILES string of the molecule is CCCNCC(CCCS(C)(=O)=O)c1cccc(Cl)c1. The molecule has 1 aromatic rings. The van der Waals surface area contributed by atoms with E-state index in [-0.39, 0.29) is 5.75 Å². The largest absolute Gasteiger partial charge is 0.316 e. The highest BCUT2D eigenvalue weighted by Crippen LogP contribution is 2.23. The summed E-state index contributed by atoms with van der Waals surface area (Å²) in [5.74, 6) is 0.555. The van der Waals surface area contributed by atoms with Gasteiger partial charge in [-0.15, -0.1) is 0 Å². The van der Waals surface area contributed by atoms with Crippen LogP contribution in [-0.4, -0.2) is 33.5 Å². The number of halogens is 1. The number of rotatable bonds is 9. The predicted molar refractivity (Wildman–Crippen MR) is 86.3 cm³/mol. The standard InChI is InChI=1S/C15H24ClNO2S/c1-3-9-17-12-14(7-5-10-20(2,18)19)13-6-4-8-15(16)11-13/h4,6,8,11,14,17H,3,5,7,9-10,12H2,1-2H3. The van der Waals surface area contributed by atoms with Crippen LogP contribution in [0.25, 0.3) is 0 Å². The molecular formula is C15H24ClNO2S. The van der Waals surface area contributed by atoms with Crippen molar-refractivity contribution in [1.29, 1.82) is 0 Å². The van der Waals surface area contributed by atoms with E-state index in [0.717, 1.165) is 31.0 Å². The van der Waals surface area contributed by atoms with E-state index in [1.165, 1.54) is 11.8 Å². The molecule has 0 fully saturated rings. The topological polar surface area (TPSA) is 46.2 Å². The molecule has 1 atom stereocenters.